The van der Waals surface area contributed by atoms with Crippen LogP contribution in [0.2, 0.25) is 0 Å². The van der Waals surface area contributed by atoms with Crippen molar-refractivity contribution in [2.24, 2.45) is 0 Å². The molecule has 0 radical (unpaired) electrons. The van der Waals surface area contributed by atoms with Crippen LogP contribution < -0.4 is 0 Å². The quantitative estimate of drug-likeness (QED) is 0.0262. The lowest BCUT2D eigenvalue weighted by atomic mass is 10.0. The monoisotopic (exact) mass is 959 g/mol. The Labute approximate surface area is 426 Å². The maximum Gasteiger partial charge on any atom is 0.306 e. The van der Waals surface area contributed by atoms with Gasteiger partial charge in [0.2, 0.25) is 0 Å². The van der Waals surface area contributed by atoms with Gasteiger partial charge in [0.05, 0.1) is 0 Å². The second-order valence-corrected chi connectivity index (χ2v) is 18.8. The minimum absolute atomic E-state index is 0.103. The molecule has 0 aromatic heterocycles. The summed E-state index contributed by atoms with van der Waals surface area (Å²) in [4.78, 5) is 38.1. The smallest absolute Gasteiger partial charge is 0.306 e. The zero-order valence-corrected chi connectivity index (χ0v) is 45.0. The zero-order chi connectivity index (χ0) is 50.0. The van der Waals surface area contributed by atoms with E-state index in [4.69, 9.17) is 14.2 Å². The summed E-state index contributed by atoms with van der Waals surface area (Å²) in [6, 6.07) is 0. The second-order valence-electron chi connectivity index (χ2n) is 18.8. The van der Waals surface area contributed by atoms with Crippen LogP contribution in [0.15, 0.2) is 97.2 Å². The first-order chi connectivity index (χ1) is 34.0. The van der Waals surface area contributed by atoms with Gasteiger partial charge in [0.15, 0.2) is 6.10 Å². The highest BCUT2D eigenvalue weighted by Gasteiger charge is 2.19. The molecule has 0 bridgehead atoms. The van der Waals surface area contributed by atoms with Gasteiger partial charge in [0.25, 0.3) is 0 Å². The molecule has 0 amide bonds. The van der Waals surface area contributed by atoms with Crippen molar-refractivity contribution in [1.29, 1.82) is 0 Å². The Balaban J connectivity index is 4.47. The van der Waals surface area contributed by atoms with E-state index in [-0.39, 0.29) is 37.5 Å². The number of allylic oxidation sites excluding steroid dienone is 16. The number of esters is 3. The van der Waals surface area contributed by atoms with Gasteiger partial charge in [-0.3, -0.25) is 14.4 Å². The van der Waals surface area contributed by atoms with Crippen LogP contribution in [-0.4, -0.2) is 37.2 Å². The number of hydrogen-bond donors (Lipinski definition) is 0. The second kappa shape index (κ2) is 56.9. The fourth-order valence-corrected chi connectivity index (χ4v) is 7.78. The third kappa shape index (κ3) is 55.1. The Bertz CT molecular complexity index is 1380. The van der Waals surface area contributed by atoms with Crippen molar-refractivity contribution in [3.8, 4) is 0 Å². The van der Waals surface area contributed by atoms with Crippen LogP contribution in [0.25, 0.3) is 0 Å². The summed E-state index contributed by atoms with van der Waals surface area (Å²) in [7, 11) is 0. The average Bonchev–Trinajstić information content (AvgIpc) is 3.35. The van der Waals surface area contributed by atoms with Crippen LogP contribution in [0, 0.1) is 0 Å². The van der Waals surface area contributed by atoms with Gasteiger partial charge in [0, 0.05) is 19.3 Å². The highest BCUT2D eigenvalue weighted by Crippen LogP contribution is 2.15. The first-order valence-electron chi connectivity index (χ1n) is 28.7. The summed E-state index contributed by atoms with van der Waals surface area (Å²) >= 11 is 0. The number of hydrogen-bond acceptors (Lipinski definition) is 6. The van der Waals surface area contributed by atoms with Crippen molar-refractivity contribution < 1.29 is 28.6 Å². The van der Waals surface area contributed by atoms with Gasteiger partial charge in [0.1, 0.15) is 13.2 Å². The third-order valence-electron chi connectivity index (χ3n) is 12.1. The largest absolute Gasteiger partial charge is 0.462 e. The molecule has 1 unspecified atom stereocenters. The normalized spacial score (nSPS) is 12.8. The summed E-state index contributed by atoms with van der Waals surface area (Å²) in [5.74, 6) is -0.972. The van der Waals surface area contributed by atoms with Gasteiger partial charge in [-0.05, 0) is 96.3 Å². The number of carbonyl (C=O) groups excluding carboxylic acids is 3. The van der Waals surface area contributed by atoms with Crippen molar-refractivity contribution in [2.45, 2.75) is 271 Å². The van der Waals surface area contributed by atoms with Gasteiger partial charge in [-0.1, -0.05) is 246 Å². The van der Waals surface area contributed by atoms with Crippen molar-refractivity contribution in [1.82, 2.24) is 0 Å². The molecule has 0 heterocycles. The predicted octanol–water partition coefficient (Wildman–Crippen LogP) is 19.3. The molecule has 0 aromatic carbocycles. The van der Waals surface area contributed by atoms with E-state index in [9.17, 15) is 14.4 Å². The van der Waals surface area contributed by atoms with Crippen LogP contribution in [0.1, 0.15) is 265 Å². The first-order valence-corrected chi connectivity index (χ1v) is 28.7. The first kappa shape index (κ1) is 65.3. The van der Waals surface area contributed by atoms with Gasteiger partial charge >= 0.3 is 17.9 Å². The Kier molecular flexibility index (Phi) is 53.9. The lowest BCUT2D eigenvalue weighted by molar-refractivity contribution is -0.167. The van der Waals surface area contributed by atoms with E-state index in [1.54, 1.807) is 0 Å². The molecule has 0 fully saturated rings. The Morgan fingerprint density at radius 2 is 0.580 bits per heavy atom. The molecule has 0 saturated heterocycles. The standard InChI is InChI=1S/C63H106O6/c1-4-7-10-13-16-19-22-25-27-29-30-31-32-34-35-38-41-44-47-50-53-56-62(65)68-59-60(58-67-61(64)55-52-49-46-43-40-37-24-21-18-15-12-9-6-3)69-63(66)57-54-51-48-45-42-39-36-33-28-26-23-20-17-14-11-8-5-2/h8,11,17,20,22,25-26,28-30,32,34,36,39,45,48,60H,4-7,9-10,12-16,18-19,21,23-24,27,31,33,35,37-38,40-44,46-47,49-59H2,1-3H3/b11-8-,20-17-,25-22-,28-26-,30-29-,34-32-,39-36-,48-45-. The molecule has 0 rings (SSSR count). The maximum absolute atomic E-state index is 12.8. The lowest BCUT2D eigenvalue weighted by Gasteiger charge is -2.18. The van der Waals surface area contributed by atoms with Crippen LogP contribution >= 0.6 is 0 Å². The van der Waals surface area contributed by atoms with E-state index in [0.29, 0.717) is 19.3 Å². The highest BCUT2D eigenvalue weighted by atomic mass is 16.6. The Hall–Kier alpha value is -3.67. The number of unbranched alkanes of at least 4 members (excludes halogenated alkanes) is 24. The minimum atomic E-state index is -0.812. The molecular formula is C63H106O6. The molecule has 6 nitrogen and oxygen atoms in total. The molecule has 0 N–H and O–H groups in total. The molecule has 0 saturated carbocycles. The molecule has 0 aliphatic heterocycles. The Morgan fingerprint density at radius 3 is 0.928 bits per heavy atom. The molecule has 394 valence electrons. The maximum atomic E-state index is 12.8. The Morgan fingerprint density at radius 1 is 0.304 bits per heavy atom. The van der Waals surface area contributed by atoms with E-state index < -0.39 is 6.10 Å². The molecule has 0 aromatic rings. The van der Waals surface area contributed by atoms with E-state index in [1.807, 2.05) is 0 Å². The van der Waals surface area contributed by atoms with Crippen molar-refractivity contribution in [2.75, 3.05) is 13.2 Å². The summed E-state index contributed by atoms with van der Waals surface area (Å²) in [6.07, 6.45) is 75.4. The third-order valence-corrected chi connectivity index (χ3v) is 12.1. The number of rotatable bonds is 51. The highest BCUT2D eigenvalue weighted by molar-refractivity contribution is 5.71. The van der Waals surface area contributed by atoms with Gasteiger partial charge < -0.3 is 14.2 Å². The van der Waals surface area contributed by atoms with Crippen molar-refractivity contribution in [3.63, 3.8) is 0 Å². The van der Waals surface area contributed by atoms with Crippen LogP contribution in [-0.2, 0) is 28.6 Å². The summed E-state index contributed by atoms with van der Waals surface area (Å²) in [5.41, 5.74) is 0. The van der Waals surface area contributed by atoms with E-state index in [1.165, 1.54) is 116 Å². The summed E-state index contributed by atoms with van der Waals surface area (Å²) in [5, 5.41) is 0. The van der Waals surface area contributed by atoms with E-state index in [2.05, 4.69) is 118 Å². The van der Waals surface area contributed by atoms with E-state index in [0.717, 1.165) is 103 Å². The zero-order valence-electron chi connectivity index (χ0n) is 45.0. The molecule has 1 atom stereocenters. The fourth-order valence-electron chi connectivity index (χ4n) is 7.78. The summed E-state index contributed by atoms with van der Waals surface area (Å²) in [6.45, 7) is 6.46. The lowest BCUT2D eigenvalue weighted by Crippen LogP contribution is -2.30. The predicted molar refractivity (Wildman–Crippen MR) is 297 cm³/mol. The van der Waals surface area contributed by atoms with Gasteiger partial charge in [-0.25, -0.2) is 0 Å². The molecule has 0 aliphatic carbocycles. The van der Waals surface area contributed by atoms with Crippen LogP contribution in [0.4, 0.5) is 0 Å². The number of ether oxygens (including phenoxy) is 3. The summed E-state index contributed by atoms with van der Waals surface area (Å²) < 4.78 is 16.8. The van der Waals surface area contributed by atoms with Gasteiger partial charge in [-0.2, -0.15) is 0 Å². The van der Waals surface area contributed by atoms with Crippen molar-refractivity contribution >= 4 is 17.9 Å². The topological polar surface area (TPSA) is 78.9 Å². The van der Waals surface area contributed by atoms with E-state index >= 15 is 0 Å². The molecule has 0 aliphatic rings. The molecular weight excluding hydrogens is 853 g/mol. The molecule has 69 heavy (non-hydrogen) atoms. The SMILES string of the molecule is CC/C=C\C/C=C\C/C=C\C/C=C\C/C=C\CCCC(=O)OC(COC(=O)CCCCCCCC/C=C\C/C=C\C/C=C\CCCCCCC)COC(=O)CCCCCCCCCCCCCCC. The van der Waals surface area contributed by atoms with Crippen LogP contribution in [0.5, 0.6) is 0 Å². The molecule has 0 spiro atoms. The van der Waals surface area contributed by atoms with Gasteiger partial charge in [-0.15, -0.1) is 0 Å². The molecule has 6 heteroatoms. The minimum Gasteiger partial charge on any atom is -0.462 e. The average molecular weight is 960 g/mol. The fraction of sp³-hybridized carbons (Fsp3) is 0.698. The van der Waals surface area contributed by atoms with Crippen molar-refractivity contribution in [3.05, 3.63) is 97.2 Å². The van der Waals surface area contributed by atoms with Crippen LogP contribution in [0.3, 0.4) is 0 Å². The number of carbonyl (C=O) groups is 3.